The van der Waals surface area contributed by atoms with Crippen LogP contribution in [0.1, 0.15) is 55.5 Å². The highest BCUT2D eigenvalue weighted by Crippen LogP contribution is 2.35. The quantitative estimate of drug-likeness (QED) is 0.153. The number of para-hydroxylation sites is 1. The summed E-state index contributed by atoms with van der Waals surface area (Å²) in [4.78, 5) is 29.1. The zero-order valence-corrected chi connectivity index (χ0v) is 26.6. The first kappa shape index (κ1) is 29.5. The summed E-state index contributed by atoms with van der Waals surface area (Å²) in [5.41, 5.74) is 5.71. The van der Waals surface area contributed by atoms with Crippen molar-refractivity contribution in [2.75, 3.05) is 32.8 Å². The molecule has 3 heterocycles. The fourth-order valence-electron chi connectivity index (χ4n) is 6.60. The maximum absolute atomic E-state index is 14.0. The number of oxime groups is 1. The number of fused-ring (bicyclic) bond motifs is 1. The Kier molecular flexibility index (Phi) is 8.91. The van der Waals surface area contributed by atoms with E-state index < -0.39 is 0 Å². The van der Waals surface area contributed by atoms with Crippen molar-refractivity contribution in [2.24, 2.45) is 11.1 Å². The predicted octanol–water partition coefficient (Wildman–Crippen LogP) is 7.81. The number of halogens is 1. The lowest BCUT2D eigenvalue weighted by Crippen LogP contribution is -2.56. The average Bonchev–Trinajstić information content (AvgIpc) is 3.06. The van der Waals surface area contributed by atoms with Gasteiger partial charge in [0.1, 0.15) is 6.61 Å². The van der Waals surface area contributed by atoms with Crippen LogP contribution in [0.2, 0.25) is 0 Å². The zero-order chi connectivity index (χ0) is 29.8. The molecular weight excluding hydrogens is 600 g/mol. The highest BCUT2D eigenvalue weighted by Gasteiger charge is 2.39. The van der Waals surface area contributed by atoms with Crippen molar-refractivity contribution in [3.05, 3.63) is 101 Å². The van der Waals surface area contributed by atoms with E-state index in [1.54, 1.807) is 0 Å². The van der Waals surface area contributed by atoms with Crippen LogP contribution in [0.15, 0.2) is 94.6 Å². The van der Waals surface area contributed by atoms with E-state index in [0.717, 1.165) is 95.3 Å². The van der Waals surface area contributed by atoms with Crippen molar-refractivity contribution in [1.29, 1.82) is 0 Å². The molecule has 7 heteroatoms. The summed E-state index contributed by atoms with van der Waals surface area (Å²) in [5, 5.41) is 5.47. The van der Waals surface area contributed by atoms with Gasteiger partial charge in [-0.25, -0.2) is 4.98 Å². The van der Waals surface area contributed by atoms with Gasteiger partial charge in [0.15, 0.2) is 0 Å². The van der Waals surface area contributed by atoms with Gasteiger partial charge in [-0.05, 0) is 82.4 Å². The van der Waals surface area contributed by atoms with E-state index in [4.69, 9.17) is 9.82 Å². The van der Waals surface area contributed by atoms with E-state index >= 15 is 0 Å². The number of amides is 1. The van der Waals surface area contributed by atoms with Crippen molar-refractivity contribution in [3.63, 3.8) is 0 Å². The van der Waals surface area contributed by atoms with Crippen LogP contribution >= 0.6 is 15.9 Å². The molecule has 0 saturated carbocycles. The predicted molar refractivity (Wildman–Crippen MR) is 177 cm³/mol. The lowest BCUT2D eigenvalue weighted by atomic mass is 9.82. The third-order valence-electron chi connectivity index (χ3n) is 9.22. The molecule has 0 radical (unpaired) electrons. The summed E-state index contributed by atoms with van der Waals surface area (Å²) in [6, 6.07) is 28.5. The van der Waals surface area contributed by atoms with Crippen LogP contribution in [-0.2, 0) is 4.84 Å². The number of likely N-dealkylation sites (tertiary alicyclic amines) is 2. The lowest BCUT2D eigenvalue weighted by molar-refractivity contribution is 0.0162. The van der Waals surface area contributed by atoms with Gasteiger partial charge >= 0.3 is 0 Å². The van der Waals surface area contributed by atoms with Crippen LogP contribution in [0.25, 0.3) is 22.2 Å². The second-order valence-electron chi connectivity index (χ2n) is 11.9. The second kappa shape index (κ2) is 13.0. The van der Waals surface area contributed by atoms with Crippen molar-refractivity contribution < 1.29 is 9.63 Å². The number of piperidine rings is 2. The van der Waals surface area contributed by atoms with Gasteiger partial charge < -0.3 is 9.74 Å². The molecule has 2 saturated heterocycles. The van der Waals surface area contributed by atoms with Crippen molar-refractivity contribution in [3.8, 4) is 11.3 Å². The molecule has 4 aromatic rings. The molecule has 0 bridgehead atoms. The average molecular weight is 640 g/mol. The lowest BCUT2D eigenvalue weighted by Gasteiger charge is -2.49. The maximum atomic E-state index is 14.0. The largest absolute Gasteiger partial charge is 0.396 e. The number of pyridine rings is 1. The summed E-state index contributed by atoms with van der Waals surface area (Å²) < 4.78 is 1.06. The Hall–Kier alpha value is -3.55. The fraction of sp³-hybridized carbons (Fsp3) is 0.361. The number of hydrogen-bond donors (Lipinski definition) is 0. The first-order valence-corrected chi connectivity index (χ1v) is 16.2. The molecule has 1 amide bonds. The molecule has 2 fully saturated rings. The van der Waals surface area contributed by atoms with Gasteiger partial charge in [-0.2, -0.15) is 0 Å². The SMILES string of the molecule is CCO/N=C(\c1ccc(Br)cc1)C1CCN(C2(C)CCN(C(=O)c3cc(-c4ccccc4)nc4ccccc34)CC2)CC1. The number of nitrogens with zero attached hydrogens (tertiary/aromatic N) is 4. The third kappa shape index (κ3) is 6.38. The molecule has 0 N–H and O–H groups in total. The molecule has 2 aliphatic heterocycles. The standard InChI is InChI=1S/C36H39BrN4O2/c1-3-43-39-34(27-13-15-29(37)16-14-27)28-17-21-41(22-18-28)36(2)19-23-40(24-20-36)35(42)31-25-33(26-9-5-4-6-10-26)38-32-12-8-7-11-30(31)32/h4-16,25,28H,3,17-24H2,1-2H3/b39-34+. The van der Waals surface area contributed by atoms with Crippen LogP contribution in [0, 0.1) is 5.92 Å². The first-order valence-electron chi connectivity index (χ1n) is 15.4. The maximum Gasteiger partial charge on any atom is 0.254 e. The molecule has 2 aliphatic rings. The second-order valence-corrected chi connectivity index (χ2v) is 12.8. The van der Waals surface area contributed by atoms with E-state index in [0.29, 0.717) is 12.5 Å². The monoisotopic (exact) mass is 638 g/mol. The number of carbonyl (C=O) groups is 1. The van der Waals surface area contributed by atoms with Crippen molar-refractivity contribution in [2.45, 2.75) is 45.1 Å². The van der Waals surface area contributed by atoms with Crippen molar-refractivity contribution in [1.82, 2.24) is 14.8 Å². The van der Waals surface area contributed by atoms with Gasteiger partial charge in [0.05, 0.1) is 22.5 Å². The zero-order valence-electron chi connectivity index (χ0n) is 25.0. The highest BCUT2D eigenvalue weighted by molar-refractivity contribution is 9.10. The van der Waals surface area contributed by atoms with E-state index in [-0.39, 0.29) is 11.4 Å². The van der Waals surface area contributed by atoms with Crippen LogP contribution < -0.4 is 0 Å². The Bertz CT molecular complexity index is 1590. The molecule has 0 unspecified atom stereocenters. The van der Waals surface area contributed by atoms with Crippen molar-refractivity contribution >= 4 is 38.5 Å². The summed E-state index contributed by atoms with van der Waals surface area (Å²) in [7, 11) is 0. The first-order chi connectivity index (χ1) is 20.9. The Balaban J connectivity index is 1.13. The summed E-state index contributed by atoms with van der Waals surface area (Å²) in [6.07, 6.45) is 4.02. The van der Waals surface area contributed by atoms with Gasteiger partial charge in [0.2, 0.25) is 0 Å². The number of hydrogen-bond acceptors (Lipinski definition) is 5. The summed E-state index contributed by atoms with van der Waals surface area (Å²) in [5.74, 6) is 0.468. The van der Waals surface area contributed by atoms with Gasteiger partial charge in [-0.15, -0.1) is 0 Å². The number of benzene rings is 3. The topological polar surface area (TPSA) is 58.0 Å². The van der Waals surface area contributed by atoms with Gasteiger partial charge in [-0.3, -0.25) is 9.69 Å². The molecule has 6 rings (SSSR count). The van der Waals surface area contributed by atoms with E-state index in [1.807, 2.05) is 72.5 Å². The van der Waals surface area contributed by atoms with E-state index in [1.165, 1.54) is 0 Å². The number of rotatable bonds is 7. The minimum atomic E-state index is 0.0755. The Morgan fingerprint density at radius 3 is 2.33 bits per heavy atom. The smallest absolute Gasteiger partial charge is 0.254 e. The fourth-order valence-corrected chi connectivity index (χ4v) is 6.86. The summed E-state index contributed by atoms with van der Waals surface area (Å²) in [6.45, 7) is 8.47. The number of aromatic nitrogens is 1. The summed E-state index contributed by atoms with van der Waals surface area (Å²) >= 11 is 3.55. The van der Waals surface area contributed by atoms with Crippen LogP contribution in [-0.4, -0.2) is 64.7 Å². The molecular formula is C36H39BrN4O2. The Morgan fingerprint density at radius 1 is 0.953 bits per heavy atom. The molecule has 0 aliphatic carbocycles. The Morgan fingerprint density at radius 2 is 1.63 bits per heavy atom. The highest BCUT2D eigenvalue weighted by atomic mass is 79.9. The molecule has 3 aromatic carbocycles. The minimum Gasteiger partial charge on any atom is -0.396 e. The molecule has 1 aromatic heterocycles. The van der Waals surface area contributed by atoms with Crippen LogP contribution in [0.3, 0.4) is 0 Å². The molecule has 43 heavy (non-hydrogen) atoms. The third-order valence-corrected chi connectivity index (χ3v) is 9.75. The van der Waals surface area contributed by atoms with E-state index in [9.17, 15) is 4.79 Å². The van der Waals surface area contributed by atoms with Crippen LogP contribution in [0.4, 0.5) is 0 Å². The molecule has 0 spiro atoms. The number of carbonyl (C=O) groups excluding carboxylic acids is 1. The normalized spacial score (nSPS) is 18.1. The molecule has 6 nitrogen and oxygen atoms in total. The van der Waals surface area contributed by atoms with Gasteiger partial charge in [-0.1, -0.05) is 81.7 Å². The molecule has 0 atom stereocenters. The molecule has 222 valence electrons. The van der Waals surface area contributed by atoms with Gasteiger partial charge in [0, 0.05) is 40.0 Å². The van der Waals surface area contributed by atoms with Gasteiger partial charge in [0.25, 0.3) is 5.91 Å². The van der Waals surface area contributed by atoms with E-state index in [2.05, 4.69) is 57.2 Å². The van der Waals surface area contributed by atoms with Crippen LogP contribution in [0.5, 0.6) is 0 Å². The Labute approximate surface area is 262 Å². The minimum absolute atomic E-state index is 0.0755.